The molecular formula is C12H8BrN3OS. The molecule has 0 unspecified atom stereocenters. The first-order chi connectivity index (χ1) is 8.79. The molecule has 90 valence electrons. The summed E-state index contributed by atoms with van der Waals surface area (Å²) in [5.74, 6) is 0.648. The Morgan fingerprint density at radius 2 is 2.11 bits per heavy atom. The lowest BCUT2D eigenvalue weighted by atomic mass is 10.2. The zero-order valence-corrected chi connectivity index (χ0v) is 11.6. The molecular weight excluding hydrogens is 314 g/mol. The van der Waals surface area contributed by atoms with Gasteiger partial charge in [0.2, 0.25) is 5.82 Å². The quantitative estimate of drug-likeness (QED) is 0.638. The molecule has 0 atom stereocenters. The third-order valence-electron chi connectivity index (χ3n) is 2.06. The van der Waals surface area contributed by atoms with Gasteiger partial charge in [-0.25, -0.2) is 9.97 Å². The van der Waals surface area contributed by atoms with E-state index in [4.69, 9.17) is 4.74 Å². The number of benzene rings is 1. The Labute approximate surface area is 118 Å². The second kappa shape index (κ2) is 6.35. The maximum Gasteiger partial charge on any atom is 0.261 e. The van der Waals surface area contributed by atoms with Gasteiger partial charge in [-0.2, -0.15) is 4.99 Å². The molecule has 0 amide bonds. The first-order valence-electron chi connectivity index (χ1n) is 5.07. The number of ether oxygens (including phenoxy) is 1. The largest absolute Gasteiger partial charge is 0.470 e. The van der Waals surface area contributed by atoms with Crippen LogP contribution in [0.5, 0.6) is 5.88 Å². The Morgan fingerprint density at radius 3 is 2.83 bits per heavy atom. The molecule has 2 aromatic rings. The van der Waals surface area contributed by atoms with Crippen LogP contribution in [0.4, 0.5) is 5.82 Å². The molecule has 0 radical (unpaired) electrons. The Balaban J connectivity index is 2.16. The van der Waals surface area contributed by atoms with Gasteiger partial charge in [-0.15, -0.1) is 0 Å². The number of halogens is 1. The van der Waals surface area contributed by atoms with Crippen LogP contribution in [-0.2, 0) is 6.61 Å². The van der Waals surface area contributed by atoms with Crippen molar-refractivity contribution in [1.82, 2.24) is 9.97 Å². The van der Waals surface area contributed by atoms with Crippen molar-refractivity contribution in [2.45, 2.75) is 6.61 Å². The number of nitrogens with zero attached hydrogens (tertiary/aromatic N) is 3. The molecule has 0 bridgehead atoms. The van der Waals surface area contributed by atoms with Crippen LogP contribution in [0.15, 0.2) is 46.1 Å². The summed E-state index contributed by atoms with van der Waals surface area (Å²) in [7, 11) is 0. The minimum absolute atomic E-state index is 0.315. The van der Waals surface area contributed by atoms with Gasteiger partial charge >= 0.3 is 0 Å². The SMILES string of the molecule is S=C=Nc1nc(Br)cnc1OCc1ccccc1. The fourth-order valence-electron chi connectivity index (χ4n) is 1.29. The monoisotopic (exact) mass is 321 g/mol. The average molecular weight is 322 g/mol. The highest BCUT2D eigenvalue weighted by Crippen LogP contribution is 2.24. The first-order valence-corrected chi connectivity index (χ1v) is 6.27. The predicted octanol–water partition coefficient (Wildman–Crippen LogP) is 3.55. The van der Waals surface area contributed by atoms with E-state index in [2.05, 4.69) is 48.3 Å². The third-order valence-corrected chi connectivity index (χ3v) is 2.54. The molecule has 0 aliphatic rings. The number of aromatic nitrogens is 2. The summed E-state index contributed by atoms with van der Waals surface area (Å²) in [6.07, 6.45) is 1.54. The summed E-state index contributed by atoms with van der Waals surface area (Å²) in [6, 6.07) is 9.78. The summed E-state index contributed by atoms with van der Waals surface area (Å²) in [4.78, 5) is 12.0. The van der Waals surface area contributed by atoms with Crippen LogP contribution in [0.1, 0.15) is 5.56 Å². The molecule has 2 rings (SSSR count). The average Bonchev–Trinajstić information content (AvgIpc) is 2.39. The highest BCUT2D eigenvalue weighted by atomic mass is 79.9. The number of isothiocyanates is 1. The zero-order valence-electron chi connectivity index (χ0n) is 9.21. The maximum absolute atomic E-state index is 5.56. The van der Waals surface area contributed by atoms with E-state index in [0.717, 1.165) is 5.56 Å². The van der Waals surface area contributed by atoms with Gasteiger partial charge in [0.05, 0.1) is 11.4 Å². The van der Waals surface area contributed by atoms with Crippen LogP contribution in [0.2, 0.25) is 0 Å². The molecule has 0 fully saturated rings. The molecule has 0 N–H and O–H groups in total. The van der Waals surface area contributed by atoms with Crippen LogP contribution in [0, 0.1) is 0 Å². The Hall–Kier alpha value is -1.62. The summed E-state index contributed by atoms with van der Waals surface area (Å²) < 4.78 is 6.12. The van der Waals surface area contributed by atoms with E-state index in [9.17, 15) is 0 Å². The van der Waals surface area contributed by atoms with Crippen molar-refractivity contribution in [1.29, 1.82) is 0 Å². The van der Waals surface area contributed by atoms with Crippen molar-refractivity contribution in [3.05, 3.63) is 46.7 Å². The van der Waals surface area contributed by atoms with E-state index in [1.165, 1.54) is 0 Å². The lowest BCUT2D eigenvalue weighted by Crippen LogP contribution is -1.98. The van der Waals surface area contributed by atoms with Gasteiger partial charge in [0.1, 0.15) is 11.2 Å². The molecule has 1 aromatic carbocycles. The minimum atomic E-state index is 0.315. The highest BCUT2D eigenvalue weighted by molar-refractivity contribution is 9.10. The molecule has 0 spiro atoms. The molecule has 0 aliphatic carbocycles. The Bertz CT molecular complexity index is 585. The van der Waals surface area contributed by atoms with E-state index in [1.807, 2.05) is 30.3 Å². The van der Waals surface area contributed by atoms with Crippen LogP contribution >= 0.6 is 28.1 Å². The normalized spacial score (nSPS) is 9.61. The molecule has 18 heavy (non-hydrogen) atoms. The molecule has 4 nitrogen and oxygen atoms in total. The smallest absolute Gasteiger partial charge is 0.261 e. The van der Waals surface area contributed by atoms with E-state index < -0.39 is 0 Å². The summed E-state index contributed by atoms with van der Waals surface area (Å²) in [6.45, 7) is 0.400. The van der Waals surface area contributed by atoms with Gasteiger partial charge in [0, 0.05) is 0 Å². The fourth-order valence-corrected chi connectivity index (χ4v) is 1.65. The van der Waals surface area contributed by atoms with Gasteiger partial charge in [-0.1, -0.05) is 30.3 Å². The number of hydrogen-bond donors (Lipinski definition) is 0. The number of aliphatic imine (C=N–C) groups is 1. The van der Waals surface area contributed by atoms with E-state index in [1.54, 1.807) is 6.20 Å². The lowest BCUT2D eigenvalue weighted by molar-refractivity contribution is 0.294. The van der Waals surface area contributed by atoms with Crippen LogP contribution in [-0.4, -0.2) is 15.1 Å². The van der Waals surface area contributed by atoms with E-state index in [0.29, 0.717) is 22.9 Å². The van der Waals surface area contributed by atoms with Crippen LogP contribution in [0.3, 0.4) is 0 Å². The molecule has 1 aromatic heterocycles. The number of rotatable bonds is 4. The third kappa shape index (κ3) is 3.43. The highest BCUT2D eigenvalue weighted by Gasteiger charge is 2.07. The van der Waals surface area contributed by atoms with Crippen molar-refractivity contribution >= 4 is 39.1 Å². The van der Waals surface area contributed by atoms with Gasteiger partial charge in [-0.3, -0.25) is 0 Å². The van der Waals surface area contributed by atoms with Crippen molar-refractivity contribution in [2.75, 3.05) is 0 Å². The first kappa shape index (κ1) is 12.8. The van der Waals surface area contributed by atoms with E-state index in [-0.39, 0.29) is 0 Å². The van der Waals surface area contributed by atoms with Gasteiger partial charge in [0.25, 0.3) is 5.88 Å². The standard InChI is InChI=1S/C12H8BrN3OS/c13-10-6-14-12(11(16-10)15-8-18)17-7-9-4-2-1-3-5-9/h1-6H,7H2. The molecule has 1 heterocycles. The Morgan fingerprint density at radius 1 is 1.33 bits per heavy atom. The summed E-state index contributed by atoms with van der Waals surface area (Å²) in [5, 5.41) is 2.25. The number of hydrogen-bond acceptors (Lipinski definition) is 5. The maximum atomic E-state index is 5.56. The van der Waals surface area contributed by atoms with E-state index >= 15 is 0 Å². The summed E-state index contributed by atoms with van der Waals surface area (Å²) >= 11 is 7.77. The topological polar surface area (TPSA) is 47.4 Å². The van der Waals surface area contributed by atoms with Crippen molar-refractivity contribution in [2.24, 2.45) is 4.99 Å². The van der Waals surface area contributed by atoms with Crippen molar-refractivity contribution in [3.63, 3.8) is 0 Å². The lowest BCUT2D eigenvalue weighted by Gasteiger charge is -2.06. The van der Waals surface area contributed by atoms with Gasteiger partial charge in [-0.05, 0) is 33.7 Å². The van der Waals surface area contributed by atoms with Crippen molar-refractivity contribution < 1.29 is 4.74 Å². The predicted molar refractivity (Wildman–Crippen MR) is 75.2 cm³/mol. The van der Waals surface area contributed by atoms with Gasteiger partial charge < -0.3 is 4.74 Å². The minimum Gasteiger partial charge on any atom is -0.470 e. The second-order valence-corrected chi connectivity index (χ2v) is 4.29. The molecule has 0 aliphatic heterocycles. The molecule has 6 heteroatoms. The van der Waals surface area contributed by atoms with Crippen LogP contribution < -0.4 is 4.74 Å². The summed E-state index contributed by atoms with van der Waals surface area (Å²) in [5.41, 5.74) is 1.04. The Kier molecular flexibility index (Phi) is 4.52. The molecule has 0 saturated carbocycles. The fraction of sp³-hybridized carbons (Fsp3) is 0.0833. The molecule has 0 saturated heterocycles. The number of thiocarbonyl (C=S) groups is 1. The van der Waals surface area contributed by atoms with Crippen LogP contribution in [0.25, 0.3) is 0 Å². The second-order valence-electron chi connectivity index (χ2n) is 3.30. The van der Waals surface area contributed by atoms with Crippen molar-refractivity contribution in [3.8, 4) is 5.88 Å². The van der Waals surface area contributed by atoms with Gasteiger partial charge in [0.15, 0.2) is 0 Å². The zero-order chi connectivity index (χ0) is 12.8.